The molecule has 6 nitrogen and oxygen atoms in total. The molecule has 2 aromatic rings. The zero-order valence-electron chi connectivity index (χ0n) is 17.5. The highest BCUT2D eigenvalue weighted by molar-refractivity contribution is 7.89. The molecule has 1 unspecified atom stereocenters. The van der Waals surface area contributed by atoms with Crippen molar-refractivity contribution in [1.29, 1.82) is 0 Å². The largest absolute Gasteiger partial charge is 0.418 e. The van der Waals surface area contributed by atoms with Gasteiger partial charge in [0.15, 0.2) is 0 Å². The number of halogens is 4. The van der Waals surface area contributed by atoms with Crippen LogP contribution in [-0.2, 0) is 21.0 Å². The molecule has 1 amide bonds. The third-order valence-electron chi connectivity index (χ3n) is 5.29. The topological polar surface area (TPSA) is 69.7 Å². The molecule has 0 bridgehead atoms. The smallest absolute Gasteiger partial charge is 0.378 e. The van der Waals surface area contributed by atoms with Crippen molar-refractivity contribution in [3.05, 3.63) is 53.8 Å². The van der Waals surface area contributed by atoms with Gasteiger partial charge in [-0.15, -0.1) is 0 Å². The minimum atomic E-state index is -4.68. The van der Waals surface area contributed by atoms with Crippen LogP contribution in [0, 0.1) is 11.7 Å². The summed E-state index contributed by atoms with van der Waals surface area (Å²) in [5.41, 5.74) is -1.04. The average Bonchev–Trinajstić information content (AvgIpc) is 2.73. The lowest BCUT2D eigenvalue weighted by atomic mass is 9.98. The van der Waals surface area contributed by atoms with Crippen molar-refractivity contribution in [2.24, 2.45) is 5.92 Å². The normalized spacial score (nSPS) is 17.8. The van der Waals surface area contributed by atoms with Crippen molar-refractivity contribution >= 4 is 27.3 Å². The monoisotopic (exact) mass is 473 g/mol. The van der Waals surface area contributed by atoms with Gasteiger partial charge < -0.3 is 10.2 Å². The Morgan fingerprint density at radius 3 is 2.38 bits per heavy atom. The number of carbonyl (C=O) groups excluding carboxylic acids is 1. The molecule has 0 aliphatic carbocycles. The van der Waals surface area contributed by atoms with Crippen molar-refractivity contribution in [2.75, 3.05) is 37.4 Å². The molecule has 1 fully saturated rings. The van der Waals surface area contributed by atoms with Gasteiger partial charge in [-0.2, -0.15) is 17.5 Å². The van der Waals surface area contributed by atoms with Gasteiger partial charge in [0.05, 0.1) is 22.1 Å². The number of carbonyl (C=O) groups is 1. The second-order valence-corrected chi connectivity index (χ2v) is 9.71. The molecule has 11 heteroatoms. The first-order chi connectivity index (χ1) is 14.9. The van der Waals surface area contributed by atoms with Crippen LogP contribution in [-0.4, -0.2) is 45.8 Å². The average molecular weight is 473 g/mol. The second-order valence-electron chi connectivity index (χ2n) is 7.77. The number of hydrogen-bond donors (Lipinski definition) is 1. The lowest BCUT2D eigenvalue weighted by Crippen LogP contribution is -2.43. The molecular weight excluding hydrogens is 450 g/mol. The number of nitrogens with zero attached hydrogens (tertiary/aromatic N) is 2. The molecule has 0 radical (unpaired) electrons. The van der Waals surface area contributed by atoms with E-state index >= 15 is 0 Å². The van der Waals surface area contributed by atoms with E-state index in [1.54, 1.807) is 14.1 Å². The van der Waals surface area contributed by atoms with Crippen LogP contribution in [0.2, 0.25) is 0 Å². The van der Waals surface area contributed by atoms with Gasteiger partial charge in [-0.25, -0.2) is 12.8 Å². The van der Waals surface area contributed by atoms with Gasteiger partial charge in [0.25, 0.3) is 0 Å². The Kier molecular flexibility index (Phi) is 6.80. The lowest BCUT2D eigenvalue weighted by molar-refractivity contribution is -0.137. The molecule has 1 aliphatic heterocycles. The van der Waals surface area contributed by atoms with Gasteiger partial charge in [0.2, 0.25) is 15.9 Å². The Labute approximate surface area is 183 Å². The molecule has 32 heavy (non-hydrogen) atoms. The number of hydrogen-bond acceptors (Lipinski definition) is 4. The van der Waals surface area contributed by atoms with Crippen LogP contribution in [0.4, 0.5) is 28.9 Å². The Hall–Kier alpha value is -2.66. The molecular formula is C21H23F4N3O3S. The number of amides is 1. The highest BCUT2D eigenvalue weighted by atomic mass is 32.2. The molecule has 3 rings (SSSR count). The summed E-state index contributed by atoms with van der Waals surface area (Å²) in [5.74, 6) is -2.10. The van der Waals surface area contributed by atoms with Gasteiger partial charge in [-0.05, 0) is 55.3 Å². The second kappa shape index (κ2) is 9.07. The number of piperidine rings is 1. The number of rotatable bonds is 5. The quantitative estimate of drug-likeness (QED) is 0.668. The van der Waals surface area contributed by atoms with Crippen LogP contribution in [0.25, 0.3) is 0 Å². The third kappa shape index (κ3) is 5.21. The maximum atomic E-state index is 13.5. The molecule has 0 aromatic heterocycles. The summed E-state index contributed by atoms with van der Waals surface area (Å²) in [6.07, 6.45) is -3.98. The summed E-state index contributed by atoms with van der Waals surface area (Å²) in [6.45, 7) is -0.0164. The summed E-state index contributed by atoms with van der Waals surface area (Å²) < 4.78 is 80.5. The fraction of sp³-hybridized carbons (Fsp3) is 0.381. The first-order valence-corrected chi connectivity index (χ1v) is 11.3. The molecule has 1 saturated heterocycles. The minimum absolute atomic E-state index is 0.112. The Bertz CT molecular complexity index is 1090. The molecule has 0 saturated carbocycles. The summed E-state index contributed by atoms with van der Waals surface area (Å²) in [6, 6.07) is 7.91. The van der Waals surface area contributed by atoms with Crippen molar-refractivity contribution in [2.45, 2.75) is 23.9 Å². The van der Waals surface area contributed by atoms with Gasteiger partial charge in [0.1, 0.15) is 5.82 Å². The number of nitrogens with one attached hydrogen (secondary N) is 1. The van der Waals surface area contributed by atoms with Gasteiger partial charge >= 0.3 is 6.18 Å². The van der Waals surface area contributed by atoms with E-state index in [-0.39, 0.29) is 23.7 Å². The summed E-state index contributed by atoms with van der Waals surface area (Å²) in [4.78, 5) is 14.2. The van der Waals surface area contributed by atoms with Crippen molar-refractivity contribution < 1.29 is 30.8 Å². The fourth-order valence-corrected chi connectivity index (χ4v) is 5.04. The van der Waals surface area contributed by atoms with Crippen LogP contribution in [0.1, 0.15) is 18.4 Å². The zero-order chi connectivity index (χ0) is 23.7. The number of sulfonamides is 1. The zero-order valence-corrected chi connectivity index (χ0v) is 18.3. The van der Waals surface area contributed by atoms with Crippen LogP contribution in [0.3, 0.4) is 0 Å². The van der Waals surface area contributed by atoms with E-state index in [0.29, 0.717) is 18.5 Å². The van der Waals surface area contributed by atoms with Crippen molar-refractivity contribution in [3.63, 3.8) is 0 Å². The molecule has 1 aliphatic rings. The molecule has 2 aromatic carbocycles. The van der Waals surface area contributed by atoms with Crippen LogP contribution in [0.15, 0.2) is 47.4 Å². The Morgan fingerprint density at radius 2 is 1.78 bits per heavy atom. The van der Waals surface area contributed by atoms with Gasteiger partial charge in [-0.1, -0.05) is 0 Å². The summed E-state index contributed by atoms with van der Waals surface area (Å²) >= 11 is 0. The molecule has 1 N–H and O–H groups in total. The van der Waals surface area contributed by atoms with E-state index in [9.17, 15) is 30.8 Å². The lowest BCUT2D eigenvalue weighted by Gasteiger charge is -2.31. The predicted octanol–water partition coefficient (Wildman–Crippen LogP) is 3.95. The summed E-state index contributed by atoms with van der Waals surface area (Å²) in [7, 11) is -0.757. The van der Waals surface area contributed by atoms with Crippen LogP contribution < -0.4 is 10.2 Å². The number of alkyl halides is 3. The highest BCUT2D eigenvalue weighted by Crippen LogP contribution is 2.37. The number of anilines is 2. The minimum Gasteiger partial charge on any atom is -0.378 e. The standard InChI is InChI=1S/C21H23F4N3O3S/c1-27(2)16-7-10-19(18(12-16)21(23,24)25)26-20(29)14-4-3-11-28(13-14)32(30,31)17-8-5-15(22)6-9-17/h5-10,12,14H,3-4,11,13H2,1-2H3,(H,26,29). The van der Waals surface area contributed by atoms with E-state index in [0.717, 1.165) is 34.6 Å². The van der Waals surface area contributed by atoms with Gasteiger partial charge in [0, 0.05) is 32.9 Å². The van der Waals surface area contributed by atoms with E-state index in [1.165, 1.54) is 17.0 Å². The maximum absolute atomic E-state index is 13.5. The third-order valence-corrected chi connectivity index (χ3v) is 7.17. The Morgan fingerprint density at radius 1 is 1.12 bits per heavy atom. The first-order valence-electron chi connectivity index (χ1n) is 9.85. The molecule has 0 spiro atoms. The molecule has 1 atom stereocenters. The Balaban J connectivity index is 1.79. The van der Waals surface area contributed by atoms with Crippen molar-refractivity contribution in [1.82, 2.24) is 4.31 Å². The van der Waals surface area contributed by atoms with Crippen LogP contribution in [0.5, 0.6) is 0 Å². The predicted molar refractivity (Wildman–Crippen MR) is 112 cm³/mol. The van der Waals surface area contributed by atoms with Gasteiger partial charge in [-0.3, -0.25) is 4.79 Å². The fourth-order valence-electron chi connectivity index (χ4n) is 3.52. The summed E-state index contributed by atoms with van der Waals surface area (Å²) in [5, 5.41) is 2.32. The maximum Gasteiger partial charge on any atom is 0.418 e. The molecule has 174 valence electrons. The SMILES string of the molecule is CN(C)c1ccc(NC(=O)C2CCCN(S(=O)(=O)c3ccc(F)cc3)C2)c(C(F)(F)F)c1. The highest BCUT2D eigenvalue weighted by Gasteiger charge is 2.37. The van der Waals surface area contributed by atoms with E-state index in [1.807, 2.05) is 0 Å². The van der Waals surface area contributed by atoms with Crippen molar-refractivity contribution in [3.8, 4) is 0 Å². The number of benzene rings is 2. The van der Waals surface area contributed by atoms with E-state index in [2.05, 4.69) is 5.32 Å². The first kappa shape index (κ1) is 24.0. The molecule has 1 heterocycles. The van der Waals surface area contributed by atoms with E-state index in [4.69, 9.17) is 0 Å². The van der Waals surface area contributed by atoms with E-state index < -0.39 is 39.4 Å². The van der Waals surface area contributed by atoms with Crippen LogP contribution >= 0.6 is 0 Å².